The Balaban J connectivity index is 1.70. The molecule has 0 saturated heterocycles. The van der Waals surface area contributed by atoms with Gasteiger partial charge in [-0.1, -0.05) is 30.3 Å². The van der Waals surface area contributed by atoms with E-state index in [2.05, 4.69) is 5.32 Å². The van der Waals surface area contributed by atoms with Crippen LogP contribution in [0.1, 0.15) is 28.9 Å². The third-order valence-electron chi connectivity index (χ3n) is 3.68. The molecule has 3 aromatic rings. The van der Waals surface area contributed by atoms with Crippen LogP contribution in [0.2, 0.25) is 0 Å². The van der Waals surface area contributed by atoms with E-state index in [1.807, 2.05) is 90.6 Å². The number of nitrogens with one attached hydrogen (secondary N) is 1. The normalized spacial score (nSPS) is 11.9. The molecule has 110 valence electrons. The van der Waals surface area contributed by atoms with Crippen molar-refractivity contribution < 1.29 is 4.79 Å². The fraction of sp³-hybridized carbons (Fsp3) is 0.105. The predicted molar refractivity (Wildman–Crippen MR) is 88.1 cm³/mol. The molecule has 0 unspecified atom stereocenters. The maximum Gasteiger partial charge on any atom is 0.251 e. The highest BCUT2D eigenvalue weighted by Gasteiger charge is 2.11. The molecule has 0 saturated carbocycles. The Bertz CT molecular complexity index is 731. The number of carbonyl (C=O) groups is 1. The van der Waals surface area contributed by atoms with Crippen molar-refractivity contribution in [3.63, 3.8) is 0 Å². The number of hydrogen-bond donors (Lipinski definition) is 1. The molecule has 3 nitrogen and oxygen atoms in total. The summed E-state index contributed by atoms with van der Waals surface area (Å²) in [5.41, 5.74) is 2.80. The first-order valence-electron chi connectivity index (χ1n) is 7.33. The number of amides is 1. The van der Waals surface area contributed by atoms with Crippen LogP contribution in [-0.4, -0.2) is 10.5 Å². The molecule has 1 heterocycles. The fourth-order valence-electron chi connectivity index (χ4n) is 2.40. The molecule has 0 aliphatic heterocycles. The fourth-order valence-corrected chi connectivity index (χ4v) is 2.40. The van der Waals surface area contributed by atoms with Crippen molar-refractivity contribution in [1.29, 1.82) is 0 Å². The van der Waals surface area contributed by atoms with Gasteiger partial charge >= 0.3 is 0 Å². The third kappa shape index (κ3) is 3.09. The molecule has 0 aliphatic rings. The molecule has 1 amide bonds. The van der Waals surface area contributed by atoms with Gasteiger partial charge in [0.25, 0.3) is 5.91 Å². The van der Waals surface area contributed by atoms with Gasteiger partial charge in [0.15, 0.2) is 0 Å². The van der Waals surface area contributed by atoms with Crippen LogP contribution in [0.5, 0.6) is 0 Å². The zero-order valence-electron chi connectivity index (χ0n) is 12.4. The molecule has 0 aliphatic carbocycles. The van der Waals surface area contributed by atoms with Crippen molar-refractivity contribution in [2.45, 2.75) is 13.0 Å². The third-order valence-corrected chi connectivity index (χ3v) is 3.68. The van der Waals surface area contributed by atoms with E-state index in [-0.39, 0.29) is 11.9 Å². The van der Waals surface area contributed by atoms with Crippen LogP contribution in [0.25, 0.3) is 5.69 Å². The number of carbonyl (C=O) groups excluding carboxylic acids is 1. The molecule has 0 bridgehead atoms. The average Bonchev–Trinajstić information content (AvgIpc) is 3.10. The Morgan fingerprint density at radius 1 is 0.909 bits per heavy atom. The van der Waals surface area contributed by atoms with Gasteiger partial charge < -0.3 is 9.88 Å². The molecule has 1 N–H and O–H groups in total. The summed E-state index contributed by atoms with van der Waals surface area (Å²) in [6, 6.07) is 21.5. The predicted octanol–water partition coefficient (Wildman–Crippen LogP) is 3.97. The van der Waals surface area contributed by atoms with Crippen LogP contribution in [-0.2, 0) is 0 Å². The number of aromatic nitrogens is 1. The van der Waals surface area contributed by atoms with E-state index in [1.54, 1.807) is 0 Å². The minimum absolute atomic E-state index is 0.0159. The molecular formula is C19H18N2O. The molecular weight excluding hydrogens is 272 g/mol. The van der Waals surface area contributed by atoms with Crippen LogP contribution in [0.15, 0.2) is 79.1 Å². The van der Waals surface area contributed by atoms with Gasteiger partial charge in [-0.25, -0.2) is 0 Å². The topological polar surface area (TPSA) is 34.0 Å². The second-order valence-corrected chi connectivity index (χ2v) is 5.24. The van der Waals surface area contributed by atoms with Gasteiger partial charge in [0.2, 0.25) is 0 Å². The average molecular weight is 290 g/mol. The molecule has 1 aromatic heterocycles. The maximum atomic E-state index is 12.3. The van der Waals surface area contributed by atoms with E-state index in [0.29, 0.717) is 5.56 Å². The molecule has 1 atom stereocenters. The molecule has 3 rings (SSSR count). The van der Waals surface area contributed by atoms with Gasteiger partial charge in [-0.05, 0) is 48.9 Å². The van der Waals surface area contributed by atoms with Gasteiger partial charge in [0.05, 0.1) is 6.04 Å². The lowest BCUT2D eigenvalue weighted by Gasteiger charge is -2.14. The van der Waals surface area contributed by atoms with Crippen LogP contribution < -0.4 is 5.32 Å². The summed E-state index contributed by atoms with van der Waals surface area (Å²) in [7, 11) is 0. The van der Waals surface area contributed by atoms with Crippen molar-refractivity contribution in [3.8, 4) is 5.69 Å². The van der Waals surface area contributed by atoms with Crippen molar-refractivity contribution in [1.82, 2.24) is 9.88 Å². The molecule has 3 heteroatoms. The van der Waals surface area contributed by atoms with E-state index in [9.17, 15) is 4.79 Å². The number of hydrogen-bond acceptors (Lipinski definition) is 1. The number of benzene rings is 2. The lowest BCUT2D eigenvalue weighted by atomic mass is 10.1. The summed E-state index contributed by atoms with van der Waals surface area (Å²) in [4.78, 5) is 12.3. The number of rotatable bonds is 4. The van der Waals surface area contributed by atoms with Gasteiger partial charge in [0.1, 0.15) is 0 Å². The highest BCUT2D eigenvalue weighted by molar-refractivity contribution is 5.94. The largest absolute Gasteiger partial charge is 0.346 e. The van der Waals surface area contributed by atoms with E-state index in [1.165, 1.54) is 0 Å². The minimum atomic E-state index is -0.0598. The molecule has 22 heavy (non-hydrogen) atoms. The van der Waals surface area contributed by atoms with Crippen LogP contribution >= 0.6 is 0 Å². The van der Waals surface area contributed by atoms with Crippen LogP contribution in [0.4, 0.5) is 0 Å². The van der Waals surface area contributed by atoms with Crippen molar-refractivity contribution in [2.24, 2.45) is 0 Å². The minimum Gasteiger partial charge on any atom is -0.346 e. The van der Waals surface area contributed by atoms with Gasteiger partial charge in [0, 0.05) is 23.6 Å². The molecule has 2 aromatic carbocycles. The molecule has 0 fully saturated rings. The Labute approximate surface area is 130 Å². The van der Waals surface area contributed by atoms with Crippen molar-refractivity contribution in [3.05, 3.63) is 90.3 Å². The van der Waals surface area contributed by atoms with Crippen molar-refractivity contribution >= 4 is 5.91 Å². The monoisotopic (exact) mass is 290 g/mol. The smallest absolute Gasteiger partial charge is 0.251 e. The van der Waals surface area contributed by atoms with Crippen molar-refractivity contribution in [2.75, 3.05) is 0 Å². The van der Waals surface area contributed by atoms with Gasteiger partial charge in [-0.3, -0.25) is 4.79 Å². The van der Waals surface area contributed by atoms with E-state index < -0.39 is 0 Å². The first-order valence-corrected chi connectivity index (χ1v) is 7.33. The second-order valence-electron chi connectivity index (χ2n) is 5.24. The van der Waals surface area contributed by atoms with Gasteiger partial charge in [-0.2, -0.15) is 0 Å². The first kappa shape index (κ1) is 14.1. The highest BCUT2D eigenvalue weighted by Crippen LogP contribution is 2.14. The quantitative estimate of drug-likeness (QED) is 0.775. The summed E-state index contributed by atoms with van der Waals surface area (Å²) < 4.78 is 2.01. The Kier molecular flexibility index (Phi) is 4.05. The summed E-state index contributed by atoms with van der Waals surface area (Å²) in [6.07, 6.45) is 3.96. The first-order chi connectivity index (χ1) is 10.7. The second kappa shape index (κ2) is 6.31. The molecule has 0 radical (unpaired) electrons. The zero-order chi connectivity index (χ0) is 15.4. The lowest BCUT2D eigenvalue weighted by Crippen LogP contribution is -2.26. The summed E-state index contributed by atoms with van der Waals surface area (Å²) in [6.45, 7) is 1.99. The highest BCUT2D eigenvalue weighted by atomic mass is 16.1. The lowest BCUT2D eigenvalue weighted by molar-refractivity contribution is 0.0940. The Hall–Kier alpha value is -2.81. The van der Waals surface area contributed by atoms with E-state index in [0.717, 1.165) is 11.3 Å². The SMILES string of the molecule is C[C@@H](NC(=O)c1ccc(-n2cccc2)cc1)c1ccccc1. The Morgan fingerprint density at radius 2 is 1.55 bits per heavy atom. The van der Waals surface area contributed by atoms with Crippen LogP contribution in [0.3, 0.4) is 0 Å². The Morgan fingerprint density at radius 3 is 2.18 bits per heavy atom. The summed E-state index contributed by atoms with van der Waals surface area (Å²) in [5.74, 6) is -0.0598. The standard InChI is InChI=1S/C19H18N2O/c1-15(16-7-3-2-4-8-16)20-19(22)17-9-11-18(12-10-17)21-13-5-6-14-21/h2-15H,1H3,(H,20,22)/t15-/m1/s1. The summed E-state index contributed by atoms with van der Waals surface area (Å²) in [5, 5.41) is 3.02. The number of nitrogens with zero attached hydrogens (tertiary/aromatic N) is 1. The maximum absolute atomic E-state index is 12.3. The molecule has 0 spiro atoms. The van der Waals surface area contributed by atoms with E-state index >= 15 is 0 Å². The van der Waals surface area contributed by atoms with Gasteiger partial charge in [-0.15, -0.1) is 0 Å². The van der Waals surface area contributed by atoms with E-state index in [4.69, 9.17) is 0 Å². The summed E-state index contributed by atoms with van der Waals surface area (Å²) >= 11 is 0. The zero-order valence-corrected chi connectivity index (χ0v) is 12.4. The van der Waals surface area contributed by atoms with Crippen LogP contribution in [0, 0.1) is 0 Å².